The highest BCUT2D eigenvalue weighted by atomic mass is 35.5. The highest BCUT2D eigenvalue weighted by Crippen LogP contribution is 2.37. The van der Waals surface area contributed by atoms with Crippen molar-refractivity contribution in [3.05, 3.63) is 33.9 Å². The lowest BCUT2D eigenvalue weighted by molar-refractivity contribution is 0.111. The molecule has 1 N–H and O–H groups in total. The first-order chi connectivity index (χ1) is 8.52. The van der Waals surface area contributed by atoms with E-state index in [-0.39, 0.29) is 27.0 Å². The van der Waals surface area contributed by atoms with Crippen LogP contribution in [0.2, 0.25) is 10.0 Å². The van der Waals surface area contributed by atoms with Crippen LogP contribution in [-0.4, -0.2) is 22.5 Å². The highest BCUT2D eigenvalue weighted by molar-refractivity contribution is 6.39. The van der Waals surface area contributed by atoms with Crippen LogP contribution in [0.25, 0.3) is 10.9 Å². The number of hydrogen-bond acceptors (Lipinski definition) is 4. The molecule has 0 bridgehead atoms. The van der Waals surface area contributed by atoms with Gasteiger partial charge < -0.3 is 9.84 Å². The lowest BCUT2D eigenvalue weighted by atomic mass is 10.2. The number of fused-ring (bicyclic) bond motifs is 1. The number of benzene rings is 1. The van der Waals surface area contributed by atoms with Crippen LogP contribution in [0, 0.1) is 0 Å². The molecule has 0 fully saturated rings. The molecule has 7 heteroatoms. The van der Waals surface area contributed by atoms with E-state index in [1.54, 1.807) is 6.07 Å². The molecule has 0 spiro atoms. The summed E-state index contributed by atoms with van der Waals surface area (Å²) in [7, 11) is 0. The predicted molar refractivity (Wildman–Crippen MR) is 65.8 cm³/mol. The molecule has 0 aliphatic carbocycles. The van der Waals surface area contributed by atoms with Gasteiger partial charge in [0, 0.05) is 5.39 Å². The number of ether oxygens (including phenoxy) is 1. The second-order valence-corrected chi connectivity index (χ2v) is 4.10. The van der Waals surface area contributed by atoms with Gasteiger partial charge in [-0.2, -0.15) is 0 Å². The smallest absolute Gasteiger partial charge is 0.449 e. The molecular weight excluding hydrogens is 281 g/mol. The molecule has 0 saturated heterocycles. The zero-order valence-electron chi connectivity index (χ0n) is 8.68. The third kappa shape index (κ3) is 2.23. The van der Waals surface area contributed by atoms with Gasteiger partial charge in [-0.15, -0.1) is 0 Å². The Morgan fingerprint density at radius 1 is 1.33 bits per heavy atom. The van der Waals surface area contributed by atoms with Crippen molar-refractivity contribution in [2.45, 2.75) is 0 Å². The normalized spacial score (nSPS) is 10.3. The zero-order chi connectivity index (χ0) is 13.3. The summed E-state index contributed by atoms with van der Waals surface area (Å²) < 4.78 is 4.56. The van der Waals surface area contributed by atoms with E-state index in [4.69, 9.17) is 28.3 Å². The average Bonchev–Trinajstić information content (AvgIpc) is 2.33. The Bertz CT molecular complexity index is 657. The van der Waals surface area contributed by atoms with Gasteiger partial charge in [0.05, 0.1) is 10.0 Å². The van der Waals surface area contributed by atoms with Crippen LogP contribution in [0.5, 0.6) is 5.75 Å². The number of aromatic nitrogens is 1. The van der Waals surface area contributed by atoms with E-state index in [0.717, 1.165) is 0 Å². The number of rotatable bonds is 2. The molecule has 1 aromatic heterocycles. The first kappa shape index (κ1) is 12.6. The summed E-state index contributed by atoms with van der Waals surface area (Å²) in [5.41, 5.74) is 0.246. The molecule has 0 saturated carbocycles. The van der Waals surface area contributed by atoms with Crippen LogP contribution in [0.3, 0.4) is 0 Å². The molecule has 0 atom stereocenters. The molecule has 0 amide bonds. The molecule has 0 aliphatic heterocycles. The van der Waals surface area contributed by atoms with E-state index in [0.29, 0.717) is 11.7 Å². The van der Waals surface area contributed by atoms with Crippen molar-refractivity contribution in [3.63, 3.8) is 0 Å². The molecule has 0 aliphatic rings. The van der Waals surface area contributed by atoms with E-state index < -0.39 is 6.16 Å². The monoisotopic (exact) mass is 285 g/mol. The summed E-state index contributed by atoms with van der Waals surface area (Å²) in [6, 6.07) is 4.35. The summed E-state index contributed by atoms with van der Waals surface area (Å²) in [5, 5.41) is 9.38. The lowest BCUT2D eigenvalue weighted by Crippen LogP contribution is -2.05. The maximum absolute atomic E-state index is 10.7. The van der Waals surface area contributed by atoms with Gasteiger partial charge in [0.2, 0.25) is 0 Å². The fourth-order valence-corrected chi connectivity index (χ4v) is 2.01. The fraction of sp³-hybridized carbons (Fsp3) is 0. The number of pyridine rings is 1. The Kier molecular flexibility index (Phi) is 3.36. The summed E-state index contributed by atoms with van der Waals surface area (Å²) in [4.78, 5) is 25.2. The van der Waals surface area contributed by atoms with Crippen LogP contribution in [-0.2, 0) is 0 Å². The Balaban J connectivity index is 2.80. The summed E-state index contributed by atoms with van der Waals surface area (Å²) in [5.74, 6) is -0.146. The third-order valence-electron chi connectivity index (χ3n) is 2.17. The molecular formula is C11H5Cl2NO4. The first-order valence-electron chi connectivity index (χ1n) is 4.67. The molecule has 2 rings (SSSR count). The molecule has 0 radical (unpaired) electrons. The minimum atomic E-state index is -1.53. The molecule has 18 heavy (non-hydrogen) atoms. The quantitative estimate of drug-likeness (QED) is 0.520. The third-order valence-corrected chi connectivity index (χ3v) is 2.76. The van der Waals surface area contributed by atoms with Crippen LogP contribution in [0.15, 0.2) is 18.2 Å². The van der Waals surface area contributed by atoms with Gasteiger partial charge in [-0.05, 0) is 18.2 Å². The maximum Gasteiger partial charge on any atom is 0.511 e. The first-order valence-corrected chi connectivity index (χ1v) is 5.43. The van der Waals surface area contributed by atoms with Crippen molar-refractivity contribution < 1.29 is 19.4 Å². The minimum Gasteiger partial charge on any atom is -0.449 e. The average molecular weight is 286 g/mol. The number of carboxylic acid groups (broad SMARTS) is 1. The zero-order valence-corrected chi connectivity index (χ0v) is 10.2. The maximum atomic E-state index is 10.7. The van der Waals surface area contributed by atoms with Crippen molar-refractivity contribution >= 4 is 46.5 Å². The van der Waals surface area contributed by atoms with Crippen LogP contribution >= 0.6 is 23.2 Å². The lowest BCUT2D eigenvalue weighted by Gasteiger charge is -2.08. The van der Waals surface area contributed by atoms with Gasteiger partial charge >= 0.3 is 6.16 Å². The van der Waals surface area contributed by atoms with Crippen molar-refractivity contribution in [2.24, 2.45) is 0 Å². The van der Waals surface area contributed by atoms with Gasteiger partial charge in [-0.3, -0.25) is 4.79 Å². The van der Waals surface area contributed by atoms with Gasteiger partial charge in [0.1, 0.15) is 11.2 Å². The van der Waals surface area contributed by atoms with Crippen molar-refractivity contribution in [1.82, 2.24) is 4.98 Å². The van der Waals surface area contributed by atoms with Gasteiger partial charge in [0.25, 0.3) is 0 Å². The molecule has 0 unspecified atom stereocenters. The van der Waals surface area contributed by atoms with E-state index >= 15 is 0 Å². The van der Waals surface area contributed by atoms with Crippen molar-refractivity contribution in [3.8, 4) is 5.75 Å². The number of hydrogen-bond donors (Lipinski definition) is 1. The van der Waals surface area contributed by atoms with Gasteiger partial charge in [0.15, 0.2) is 12.0 Å². The fourth-order valence-electron chi connectivity index (χ4n) is 1.46. The van der Waals surface area contributed by atoms with Crippen LogP contribution in [0.1, 0.15) is 10.5 Å². The highest BCUT2D eigenvalue weighted by Gasteiger charge is 2.16. The molecule has 92 valence electrons. The van der Waals surface area contributed by atoms with E-state index in [1.165, 1.54) is 12.1 Å². The van der Waals surface area contributed by atoms with Crippen LogP contribution < -0.4 is 4.74 Å². The molecule has 1 aromatic carbocycles. The predicted octanol–water partition coefficient (Wildman–Crippen LogP) is 3.41. The Morgan fingerprint density at radius 2 is 2.06 bits per heavy atom. The molecule has 5 nitrogen and oxygen atoms in total. The number of halogens is 2. The van der Waals surface area contributed by atoms with E-state index in [2.05, 4.69) is 9.72 Å². The Labute approximate surface area is 111 Å². The molecule has 2 aromatic rings. The summed E-state index contributed by atoms with van der Waals surface area (Å²) >= 11 is 11.8. The Hall–Kier alpha value is -1.85. The summed E-state index contributed by atoms with van der Waals surface area (Å²) in [6.45, 7) is 0. The van der Waals surface area contributed by atoms with Crippen molar-refractivity contribution in [1.29, 1.82) is 0 Å². The van der Waals surface area contributed by atoms with Crippen molar-refractivity contribution in [2.75, 3.05) is 0 Å². The van der Waals surface area contributed by atoms with E-state index in [1.807, 2.05) is 0 Å². The number of aldehydes is 1. The SMILES string of the molecule is O=Cc1ccc2c(Cl)cc(Cl)c(OC(=O)O)c2n1. The van der Waals surface area contributed by atoms with Gasteiger partial charge in [-0.25, -0.2) is 9.78 Å². The summed E-state index contributed by atoms with van der Waals surface area (Å²) in [6.07, 6.45) is -1.00. The number of nitrogens with zero attached hydrogens (tertiary/aromatic N) is 1. The minimum absolute atomic E-state index is 0.00505. The largest absolute Gasteiger partial charge is 0.511 e. The topological polar surface area (TPSA) is 76.5 Å². The van der Waals surface area contributed by atoms with Gasteiger partial charge in [-0.1, -0.05) is 23.2 Å². The second-order valence-electron chi connectivity index (χ2n) is 3.29. The Morgan fingerprint density at radius 3 is 2.67 bits per heavy atom. The number of carbonyl (C=O) groups excluding carboxylic acids is 1. The van der Waals surface area contributed by atoms with Crippen LogP contribution in [0.4, 0.5) is 4.79 Å². The van der Waals surface area contributed by atoms with E-state index in [9.17, 15) is 9.59 Å². The number of carbonyl (C=O) groups is 2. The standard InChI is InChI=1S/C11H5Cl2NO4/c12-7-3-8(13)10(18-11(16)17)9-6(7)2-1-5(4-15)14-9/h1-4H,(H,16,17). The molecule has 1 heterocycles. The second kappa shape index (κ2) is 4.80.